The van der Waals surface area contributed by atoms with Crippen LogP contribution in [-0.4, -0.2) is 5.91 Å². The SMILES string of the molecule is Cc1c(F)cc(C(N)=O)cc1NCc1cc(Cl)ccc1Cl. The van der Waals surface area contributed by atoms with E-state index in [2.05, 4.69) is 5.32 Å². The molecule has 0 spiro atoms. The van der Waals surface area contributed by atoms with Gasteiger partial charge in [0.25, 0.3) is 0 Å². The minimum atomic E-state index is -0.683. The van der Waals surface area contributed by atoms with Crippen LogP contribution in [0.3, 0.4) is 0 Å². The molecule has 0 saturated carbocycles. The second-order valence-electron chi connectivity index (χ2n) is 4.58. The lowest BCUT2D eigenvalue weighted by atomic mass is 10.1. The minimum Gasteiger partial charge on any atom is -0.381 e. The van der Waals surface area contributed by atoms with E-state index in [0.717, 1.165) is 11.6 Å². The predicted molar refractivity (Wildman–Crippen MR) is 83.4 cm³/mol. The first-order valence-corrected chi connectivity index (χ1v) is 6.92. The summed E-state index contributed by atoms with van der Waals surface area (Å²) < 4.78 is 13.8. The van der Waals surface area contributed by atoms with Crippen molar-refractivity contribution in [3.63, 3.8) is 0 Å². The lowest BCUT2D eigenvalue weighted by molar-refractivity contribution is 0.1000. The van der Waals surface area contributed by atoms with Gasteiger partial charge in [-0.05, 0) is 42.8 Å². The molecule has 3 nitrogen and oxygen atoms in total. The molecule has 0 fully saturated rings. The first-order valence-electron chi connectivity index (χ1n) is 6.16. The van der Waals surface area contributed by atoms with Crippen molar-refractivity contribution in [2.75, 3.05) is 5.32 Å². The first-order chi connectivity index (χ1) is 9.88. The number of rotatable bonds is 4. The van der Waals surface area contributed by atoms with E-state index < -0.39 is 11.7 Å². The van der Waals surface area contributed by atoms with E-state index >= 15 is 0 Å². The summed E-state index contributed by atoms with van der Waals surface area (Å²) in [5.74, 6) is -1.18. The molecule has 0 radical (unpaired) electrons. The van der Waals surface area contributed by atoms with E-state index in [0.29, 0.717) is 27.8 Å². The number of amides is 1. The Hall–Kier alpha value is -1.78. The Balaban J connectivity index is 2.27. The third-order valence-corrected chi connectivity index (χ3v) is 3.71. The monoisotopic (exact) mass is 326 g/mol. The van der Waals surface area contributed by atoms with E-state index in [9.17, 15) is 9.18 Å². The molecule has 2 aromatic carbocycles. The number of nitrogens with two attached hydrogens (primary N) is 1. The van der Waals surface area contributed by atoms with Gasteiger partial charge in [-0.15, -0.1) is 0 Å². The summed E-state index contributed by atoms with van der Waals surface area (Å²) in [4.78, 5) is 11.2. The van der Waals surface area contributed by atoms with Gasteiger partial charge < -0.3 is 11.1 Å². The van der Waals surface area contributed by atoms with Crippen LogP contribution in [-0.2, 0) is 6.54 Å². The third kappa shape index (κ3) is 3.65. The van der Waals surface area contributed by atoms with E-state index in [-0.39, 0.29) is 5.56 Å². The van der Waals surface area contributed by atoms with E-state index in [1.165, 1.54) is 6.07 Å². The Labute approximate surface area is 131 Å². The standard InChI is InChI=1S/C15H13Cl2FN2O/c1-8-13(18)5-9(15(19)21)6-14(8)20-7-10-4-11(16)2-3-12(10)17/h2-6,20H,7H2,1H3,(H2,19,21). The summed E-state index contributed by atoms with van der Waals surface area (Å²) in [5.41, 5.74) is 6.95. The summed E-state index contributed by atoms with van der Waals surface area (Å²) in [5, 5.41) is 4.15. The van der Waals surface area contributed by atoms with Crippen molar-refractivity contribution in [2.24, 2.45) is 5.73 Å². The lowest BCUT2D eigenvalue weighted by Gasteiger charge is -2.13. The molecule has 0 aliphatic carbocycles. The van der Waals surface area contributed by atoms with Crippen molar-refractivity contribution in [1.29, 1.82) is 0 Å². The minimum absolute atomic E-state index is 0.109. The van der Waals surface area contributed by atoms with Gasteiger partial charge in [0, 0.05) is 33.4 Å². The molecular formula is C15H13Cl2FN2O. The molecule has 0 heterocycles. The van der Waals surface area contributed by atoms with Crippen LogP contribution in [0.25, 0.3) is 0 Å². The molecule has 2 rings (SSSR count). The Bertz CT molecular complexity index is 704. The molecule has 3 N–H and O–H groups in total. The van der Waals surface area contributed by atoms with Gasteiger partial charge in [0.1, 0.15) is 5.82 Å². The zero-order valence-corrected chi connectivity index (χ0v) is 12.7. The van der Waals surface area contributed by atoms with Gasteiger partial charge in [0.15, 0.2) is 0 Å². The molecule has 2 aromatic rings. The zero-order chi connectivity index (χ0) is 15.6. The Morgan fingerprint density at radius 1 is 1.29 bits per heavy atom. The molecule has 0 saturated heterocycles. The molecular weight excluding hydrogens is 314 g/mol. The van der Waals surface area contributed by atoms with Crippen molar-refractivity contribution in [1.82, 2.24) is 0 Å². The van der Waals surface area contributed by atoms with Crippen LogP contribution in [0, 0.1) is 12.7 Å². The third-order valence-electron chi connectivity index (χ3n) is 3.11. The second-order valence-corrected chi connectivity index (χ2v) is 5.43. The highest BCUT2D eigenvalue weighted by Crippen LogP contribution is 2.24. The number of anilines is 1. The topological polar surface area (TPSA) is 55.1 Å². The average molecular weight is 327 g/mol. The molecule has 110 valence electrons. The average Bonchev–Trinajstić information content (AvgIpc) is 2.43. The van der Waals surface area contributed by atoms with Gasteiger partial charge >= 0.3 is 0 Å². The van der Waals surface area contributed by atoms with Gasteiger partial charge in [-0.3, -0.25) is 4.79 Å². The number of hydrogen-bond donors (Lipinski definition) is 2. The maximum atomic E-state index is 13.8. The molecule has 0 atom stereocenters. The fourth-order valence-corrected chi connectivity index (χ4v) is 2.25. The summed E-state index contributed by atoms with van der Waals surface area (Å²) in [6.07, 6.45) is 0. The van der Waals surface area contributed by atoms with Crippen LogP contribution in [0.15, 0.2) is 30.3 Å². The number of carbonyl (C=O) groups is 1. The summed E-state index contributed by atoms with van der Waals surface area (Å²) in [7, 11) is 0. The fraction of sp³-hybridized carbons (Fsp3) is 0.133. The highest BCUT2D eigenvalue weighted by atomic mass is 35.5. The van der Waals surface area contributed by atoms with Crippen LogP contribution in [0.1, 0.15) is 21.5 Å². The molecule has 1 amide bonds. The fourth-order valence-electron chi connectivity index (χ4n) is 1.87. The Morgan fingerprint density at radius 3 is 2.67 bits per heavy atom. The second kappa shape index (κ2) is 6.33. The highest BCUT2D eigenvalue weighted by molar-refractivity contribution is 6.33. The Morgan fingerprint density at radius 2 is 2.00 bits per heavy atom. The Kier molecular flexibility index (Phi) is 4.70. The molecule has 21 heavy (non-hydrogen) atoms. The van der Waals surface area contributed by atoms with Crippen molar-refractivity contribution in [3.8, 4) is 0 Å². The quantitative estimate of drug-likeness (QED) is 0.886. The highest BCUT2D eigenvalue weighted by Gasteiger charge is 2.11. The van der Waals surface area contributed by atoms with Crippen LogP contribution >= 0.6 is 23.2 Å². The molecule has 0 aliphatic heterocycles. The smallest absolute Gasteiger partial charge is 0.248 e. The van der Waals surface area contributed by atoms with Gasteiger partial charge in [0.2, 0.25) is 5.91 Å². The molecule has 0 aliphatic rings. The summed E-state index contributed by atoms with van der Waals surface area (Å²) >= 11 is 12.0. The van der Waals surface area contributed by atoms with E-state index in [1.54, 1.807) is 25.1 Å². The van der Waals surface area contributed by atoms with Crippen LogP contribution < -0.4 is 11.1 Å². The lowest BCUT2D eigenvalue weighted by Crippen LogP contribution is -2.13. The summed E-state index contributed by atoms with van der Waals surface area (Å²) in [6, 6.07) is 7.73. The van der Waals surface area contributed by atoms with Crippen molar-refractivity contribution in [2.45, 2.75) is 13.5 Å². The van der Waals surface area contributed by atoms with Crippen LogP contribution in [0.2, 0.25) is 10.0 Å². The maximum absolute atomic E-state index is 13.8. The number of benzene rings is 2. The van der Waals surface area contributed by atoms with Crippen molar-refractivity contribution >= 4 is 34.8 Å². The number of halogens is 3. The van der Waals surface area contributed by atoms with Crippen molar-refractivity contribution < 1.29 is 9.18 Å². The number of primary amides is 1. The van der Waals surface area contributed by atoms with Gasteiger partial charge in [-0.25, -0.2) is 4.39 Å². The van der Waals surface area contributed by atoms with Gasteiger partial charge in [-0.1, -0.05) is 23.2 Å². The predicted octanol–water partition coefficient (Wildman–Crippen LogP) is 4.15. The molecule has 6 heteroatoms. The van der Waals surface area contributed by atoms with Gasteiger partial charge in [0.05, 0.1) is 0 Å². The van der Waals surface area contributed by atoms with Crippen LogP contribution in [0.5, 0.6) is 0 Å². The number of hydrogen-bond acceptors (Lipinski definition) is 2. The molecule has 0 bridgehead atoms. The largest absolute Gasteiger partial charge is 0.381 e. The van der Waals surface area contributed by atoms with Crippen LogP contribution in [0.4, 0.5) is 10.1 Å². The normalized spacial score (nSPS) is 10.5. The summed E-state index contributed by atoms with van der Waals surface area (Å²) in [6.45, 7) is 1.96. The molecule has 0 aromatic heterocycles. The van der Waals surface area contributed by atoms with Crippen molar-refractivity contribution in [3.05, 3.63) is 62.9 Å². The van der Waals surface area contributed by atoms with Gasteiger partial charge in [-0.2, -0.15) is 0 Å². The first kappa shape index (κ1) is 15.6. The van der Waals surface area contributed by atoms with E-state index in [4.69, 9.17) is 28.9 Å². The number of carbonyl (C=O) groups excluding carboxylic acids is 1. The van der Waals surface area contributed by atoms with E-state index in [1.807, 2.05) is 0 Å². The zero-order valence-electron chi connectivity index (χ0n) is 11.2. The number of nitrogens with one attached hydrogen (secondary N) is 1. The molecule has 0 unspecified atom stereocenters. The maximum Gasteiger partial charge on any atom is 0.248 e.